The van der Waals surface area contributed by atoms with Crippen molar-refractivity contribution in [3.8, 4) is 0 Å². The van der Waals surface area contributed by atoms with Gasteiger partial charge in [-0.1, -0.05) is 6.92 Å². The van der Waals surface area contributed by atoms with E-state index in [2.05, 4.69) is 21.0 Å². The van der Waals surface area contributed by atoms with Gasteiger partial charge in [-0.3, -0.25) is 4.68 Å². The molecule has 0 amide bonds. The fourth-order valence-electron chi connectivity index (χ4n) is 2.16. The topological polar surface area (TPSA) is 43.8 Å². The number of halogens is 4. The summed E-state index contributed by atoms with van der Waals surface area (Å²) >= 11 is 3.46. The molecule has 0 fully saturated rings. The molecular formula is C14H15BrF3N3. The average Bonchev–Trinajstić information content (AvgIpc) is 2.71. The van der Waals surface area contributed by atoms with Gasteiger partial charge in [0.15, 0.2) is 17.5 Å². The van der Waals surface area contributed by atoms with E-state index in [4.69, 9.17) is 5.73 Å². The Kier molecular flexibility index (Phi) is 4.73. The van der Waals surface area contributed by atoms with Crippen LogP contribution in [0, 0.1) is 17.5 Å². The molecule has 2 N–H and O–H groups in total. The standard InChI is InChI=1S/C14H15BrF3N3/c1-3-11-13(15)12(21(2)20-11)6-10(19)7-4-8(16)14(18)9(17)5-7/h4-5,10H,3,6,19H2,1-2H3. The van der Waals surface area contributed by atoms with E-state index in [1.165, 1.54) is 0 Å². The summed E-state index contributed by atoms with van der Waals surface area (Å²) in [5, 5.41) is 4.33. The second-order valence-electron chi connectivity index (χ2n) is 4.79. The lowest BCUT2D eigenvalue weighted by atomic mass is 10.0. The molecule has 2 aromatic rings. The number of rotatable bonds is 4. The first-order chi connectivity index (χ1) is 9.85. The van der Waals surface area contributed by atoms with Crippen LogP contribution < -0.4 is 5.73 Å². The van der Waals surface area contributed by atoms with Gasteiger partial charge in [-0.25, -0.2) is 13.2 Å². The van der Waals surface area contributed by atoms with Crippen LogP contribution in [-0.2, 0) is 19.9 Å². The number of aryl methyl sites for hydroxylation is 2. The molecule has 0 saturated carbocycles. The molecular weight excluding hydrogens is 347 g/mol. The van der Waals surface area contributed by atoms with E-state index in [0.29, 0.717) is 6.42 Å². The second-order valence-corrected chi connectivity index (χ2v) is 5.59. The van der Waals surface area contributed by atoms with Gasteiger partial charge in [-0.15, -0.1) is 0 Å². The molecule has 0 radical (unpaired) electrons. The fraction of sp³-hybridized carbons (Fsp3) is 0.357. The van der Waals surface area contributed by atoms with Gasteiger partial charge >= 0.3 is 0 Å². The van der Waals surface area contributed by atoms with E-state index in [1.54, 1.807) is 11.7 Å². The van der Waals surface area contributed by atoms with E-state index in [1.807, 2.05) is 6.92 Å². The highest BCUT2D eigenvalue weighted by molar-refractivity contribution is 9.10. The molecule has 0 spiro atoms. The molecule has 0 bridgehead atoms. The maximum absolute atomic E-state index is 13.3. The molecule has 1 aromatic heterocycles. The van der Waals surface area contributed by atoms with Crippen LogP contribution in [0.15, 0.2) is 16.6 Å². The van der Waals surface area contributed by atoms with Gasteiger partial charge in [0.25, 0.3) is 0 Å². The van der Waals surface area contributed by atoms with Gasteiger partial charge in [-0.2, -0.15) is 5.10 Å². The van der Waals surface area contributed by atoms with Crippen LogP contribution in [-0.4, -0.2) is 9.78 Å². The summed E-state index contributed by atoms with van der Waals surface area (Å²) in [5.41, 5.74) is 7.90. The van der Waals surface area contributed by atoms with Crippen molar-refractivity contribution >= 4 is 15.9 Å². The molecule has 1 heterocycles. The number of hydrogen-bond acceptors (Lipinski definition) is 2. The van der Waals surface area contributed by atoms with Gasteiger partial charge in [-0.05, 0) is 40.0 Å². The zero-order chi connectivity index (χ0) is 15.7. The van der Waals surface area contributed by atoms with Crippen molar-refractivity contribution in [2.75, 3.05) is 0 Å². The fourth-order valence-corrected chi connectivity index (χ4v) is 2.94. The number of nitrogens with zero attached hydrogens (tertiary/aromatic N) is 2. The Bertz CT molecular complexity index is 647. The summed E-state index contributed by atoms with van der Waals surface area (Å²) in [6.45, 7) is 1.97. The van der Waals surface area contributed by atoms with Crippen LogP contribution in [0.3, 0.4) is 0 Å². The van der Waals surface area contributed by atoms with Crippen LogP contribution in [0.5, 0.6) is 0 Å². The largest absolute Gasteiger partial charge is 0.324 e. The Morgan fingerprint density at radius 1 is 1.29 bits per heavy atom. The molecule has 0 aliphatic heterocycles. The highest BCUT2D eigenvalue weighted by Crippen LogP contribution is 2.27. The summed E-state index contributed by atoms with van der Waals surface area (Å²) in [7, 11) is 1.78. The molecule has 3 nitrogen and oxygen atoms in total. The molecule has 114 valence electrons. The number of benzene rings is 1. The predicted molar refractivity (Wildman–Crippen MR) is 77.2 cm³/mol. The maximum atomic E-state index is 13.3. The van der Waals surface area contributed by atoms with E-state index in [-0.39, 0.29) is 5.56 Å². The monoisotopic (exact) mass is 361 g/mol. The van der Waals surface area contributed by atoms with Crippen molar-refractivity contribution in [3.05, 3.63) is 51.0 Å². The molecule has 0 aliphatic rings. The number of hydrogen-bond donors (Lipinski definition) is 1. The van der Waals surface area contributed by atoms with Gasteiger partial charge < -0.3 is 5.73 Å². The maximum Gasteiger partial charge on any atom is 0.194 e. The summed E-state index contributed by atoms with van der Waals surface area (Å²) < 4.78 is 42.0. The lowest BCUT2D eigenvalue weighted by Crippen LogP contribution is -2.16. The predicted octanol–water partition coefficient (Wildman–Crippen LogP) is 3.40. The molecule has 2 rings (SSSR count). The minimum Gasteiger partial charge on any atom is -0.324 e. The van der Waals surface area contributed by atoms with Crippen molar-refractivity contribution in [2.24, 2.45) is 12.8 Å². The van der Waals surface area contributed by atoms with Crippen LogP contribution >= 0.6 is 15.9 Å². The van der Waals surface area contributed by atoms with Gasteiger partial charge in [0.1, 0.15) is 0 Å². The Hall–Kier alpha value is -1.34. The minimum absolute atomic E-state index is 0.206. The Morgan fingerprint density at radius 3 is 2.33 bits per heavy atom. The summed E-state index contributed by atoms with van der Waals surface area (Å²) in [6.07, 6.45) is 1.08. The highest BCUT2D eigenvalue weighted by atomic mass is 79.9. The quantitative estimate of drug-likeness (QED) is 0.848. The smallest absolute Gasteiger partial charge is 0.194 e. The van der Waals surface area contributed by atoms with Crippen molar-refractivity contribution in [2.45, 2.75) is 25.8 Å². The minimum atomic E-state index is -1.49. The average molecular weight is 362 g/mol. The molecule has 0 aliphatic carbocycles. The normalized spacial score (nSPS) is 12.7. The van der Waals surface area contributed by atoms with Gasteiger partial charge in [0.05, 0.1) is 15.9 Å². The molecule has 1 atom stereocenters. The SMILES string of the molecule is CCc1nn(C)c(CC(N)c2cc(F)c(F)c(F)c2)c1Br. The Labute approximate surface area is 129 Å². The third-order valence-electron chi connectivity index (χ3n) is 3.35. The number of nitrogens with two attached hydrogens (primary N) is 1. The summed E-state index contributed by atoms with van der Waals surface area (Å²) in [6, 6.07) is 1.19. The third kappa shape index (κ3) is 3.13. The number of aromatic nitrogens is 2. The first-order valence-electron chi connectivity index (χ1n) is 6.45. The van der Waals surface area contributed by atoms with Gasteiger partial charge in [0, 0.05) is 19.5 Å². The van der Waals surface area contributed by atoms with E-state index in [9.17, 15) is 13.2 Å². The van der Waals surface area contributed by atoms with Crippen LogP contribution in [0.25, 0.3) is 0 Å². The Balaban J connectivity index is 2.30. The second kappa shape index (κ2) is 6.19. The molecule has 1 aromatic carbocycles. The summed E-state index contributed by atoms with van der Waals surface area (Å²) in [4.78, 5) is 0. The zero-order valence-corrected chi connectivity index (χ0v) is 13.2. The lowest BCUT2D eigenvalue weighted by Gasteiger charge is -2.13. The van der Waals surface area contributed by atoms with Crippen LogP contribution in [0.1, 0.15) is 29.9 Å². The van der Waals surface area contributed by atoms with E-state index >= 15 is 0 Å². The Morgan fingerprint density at radius 2 is 1.86 bits per heavy atom. The van der Waals surface area contributed by atoms with Gasteiger partial charge in [0.2, 0.25) is 0 Å². The molecule has 0 saturated heterocycles. The third-order valence-corrected chi connectivity index (χ3v) is 4.27. The van der Waals surface area contributed by atoms with E-state index in [0.717, 1.165) is 34.4 Å². The van der Waals surface area contributed by atoms with Crippen molar-refractivity contribution in [1.29, 1.82) is 0 Å². The van der Waals surface area contributed by atoms with Crippen LogP contribution in [0.2, 0.25) is 0 Å². The highest BCUT2D eigenvalue weighted by Gasteiger charge is 2.19. The van der Waals surface area contributed by atoms with E-state index < -0.39 is 23.5 Å². The zero-order valence-electron chi connectivity index (χ0n) is 11.6. The van der Waals surface area contributed by atoms with Crippen molar-refractivity contribution < 1.29 is 13.2 Å². The lowest BCUT2D eigenvalue weighted by molar-refractivity contribution is 0.443. The van der Waals surface area contributed by atoms with Crippen molar-refractivity contribution in [1.82, 2.24) is 9.78 Å². The molecule has 7 heteroatoms. The first kappa shape index (κ1) is 16.0. The molecule has 21 heavy (non-hydrogen) atoms. The van der Waals surface area contributed by atoms with Crippen LogP contribution in [0.4, 0.5) is 13.2 Å². The van der Waals surface area contributed by atoms with Crippen molar-refractivity contribution in [3.63, 3.8) is 0 Å². The first-order valence-corrected chi connectivity index (χ1v) is 7.24. The molecule has 1 unspecified atom stereocenters. The summed E-state index contributed by atoms with van der Waals surface area (Å²) in [5.74, 6) is -3.96.